The number of nitrogens with zero attached hydrogens (tertiary/aromatic N) is 4. The van der Waals surface area contributed by atoms with Gasteiger partial charge in [-0.25, -0.2) is 4.98 Å². The Morgan fingerprint density at radius 3 is 1.97 bits per heavy atom. The average Bonchev–Trinajstić information content (AvgIpc) is 3.97. The van der Waals surface area contributed by atoms with E-state index in [9.17, 15) is 0 Å². The largest absolute Gasteiger partial charge is 0.458 e. The van der Waals surface area contributed by atoms with Gasteiger partial charge < -0.3 is 18.9 Å². The van der Waals surface area contributed by atoms with E-state index in [1.165, 1.54) is 5.56 Å². The van der Waals surface area contributed by atoms with E-state index in [1.54, 1.807) is 0 Å². The van der Waals surface area contributed by atoms with Gasteiger partial charge in [-0.3, -0.25) is 13.7 Å². The van der Waals surface area contributed by atoms with E-state index in [0.717, 1.165) is 129 Å². The highest BCUT2D eigenvalue weighted by Gasteiger charge is 2.47. The van der Waals surface area contributed by atoms with Crippen molar-refractivity contribution in [2.75, 3.05) is 0 Å². The van der Waals surface area contributed by atoms with Crippen LogP contribution >= 0.6 is 0 Å². The van der Waals surface area contributed by atoms with E-state index < -0.39 is 0 Å². The van der Waals surface area contributed by atoms with Gasteiger partial charge in [0, 0.05) is 45.0 Å². The van der Waals surface area contributed by atoms with Crippen molar-refractivity contribution in [2.45, 2.75) is 26.2 Å². The molecule has 0 spiro atoms. The number of aromatic nitrogens is 4. The molecule has 8 nitrogen and oxygen atoms in total. The minimum Gasteiger partial charge on any atom is -0.458 e. The third kappa shape index (κ3) is 6.34. The molecular formula is C64H43BN4O4. The highest BCUT2D eigenvalue weighted by Crippen LogP contribution is 2.47. The monoisotopic (exact) mass is 942 g/mol. The summed E-state index contributed by atoms with van der Waals surface area (Å²) in [5.41, 5.74) is 14.2. The Morgan fingerprint density at radius 2 is 1.18 bits per heavy atom. The van der Waals surface area contributed by atoms with Crippen LogP contribution in [0.5, 0.6) is 46.0 Å². The molecule has 0 saturated carbocycles. The molecular weight excluding hydrogens is 900 g/mol. The number of hydrogen-bond acceptors (Lipinski definition) is 5. The fourth-order valence-corrected chi connectivity index (χ4v) is 11.4. The molecule has 0 aliphatic carbocycles. The maximum Gasteiger partial charge on any atom is 0.270 e. The molecule has 6 heterocycles. The first-order valence-electron chi connectivity index (χ1n) is 24.7. The molecule has 9 aromatic carbocycles. The highest BCUT2D eigenvalue weighted by atomic mass is 16.5. The summed E-state index contributed by atoms with van der Waals surface area (Å²) in [6.07, 6.45) is 5.78. The van der Waals surface area contributed by atoms with Crippen LogP contribution in [0.15, 0.2) is 206 Å². The van der Waals surface area contributed by atoms with Gasteiger partial charge in [-0.1, -0.05) is 130 Å². The van der Waals surface area contributed by atoms with Gasteiger partial charge in [-0.05, 0) is 113 Å². The zero-order valence-corrected chi connectivity index (χ0v) is 40.1. The van der Waals surface area contributed by atoms with Gasteiger partial charge in [0.25, 0.3) is 13.0 Å². The second-order valence-corrected chi connectivity index (χ2v) is 20.0. The molecule has 0 N–H and O–H groups in total. The van der Waals surface area contributed by atoms with E-state index in [0.29, 0.717) is 5.75 Å². The third-order valence-corrected chi connectivity index (χ3v) is 14.7. The van der Waals surface area contributed by atoms with Crippen LogP contribution in [-0.2, 0) is 5.41 Å². The molecule has 15 rings (SSSR count). The molecule has 0 saturated heterocycles. The maximum atomic E-state index is 7.08. The lowest BCUT2D eigenvalue weighted by Gasteiger charge is -2.38. The molecule has 3 aliphatic rings. The molecule has 0 bridgehead atoms. The molecule has 0 amide bonds. The molecule has 346 valence electrons. The van der Waals surface area contributed by atoms with Crippen LogP contribution in [-0.4, -0.2) is 20.8 Å². The van der Waals surface area contributed by atoms with Crippen molar-refractivity contribution < 1.29 is 23.5 Å². The number of rotatable bonds is 7. The second kappa shape index (κ2) is 15.6. The number of imidazole rings is 1. The van der Waals surface area contributed by atoms with Crippen molar-refractivity contribution in [1.82, 2.24) is 14.1 Å². The molecule has 9 heteroatoms. The lowest BCUT2D eigenvalue weighted by molar-refractivity contribution is -0.571. The molecule has 0 atom stereocenters. The van der Waals surface area contributed by atoms with Gasteiger partial charge in [0.1, 0.15) is 51.8 Å². The van der Waals surface area contributed by atoms with Crippen molar-refractivity contribution in [3.63, 3.8) is 0 Å². The molecule has 0 unspecified atom stereocenters. The van der Waals surface area contributed by atoms with E-state index >= 15 is 0 Å². The Balaban J connectivity index is 0.872. The Bertz CT molecular complexity index is 4250. The number of para-hydroxylation sites is 4. The van der Waals surface area contributed by atoms with E-state index in [2.05, 4.69) is 192 Å². The van der Waals surface area contributed by atoms with Gasteiger partial charge in [-0.15, -0.1) is 0 Å². The minimum absolute atomic E-state index is 0.0320. The summed E-state index contributed by atoms with van der Waals surface area (Å²) in [6, 6.07) is 69.3. The first-order valence-corrected chi connectivity index (χ1v) is 24.7. The van der Waals surface area contributed by atoms with E-state index in [-0.39, 0.29) is 12.1 Å². The predicted octanol–water partition coefficient (Wildman–Crippen LogP) is 13.5. The lowest BCUT2D eigenvalue weighted by Crippen LogP contribution is -2.59. The van der Waals surface area contributed by atoms with Crippen LogP contribution in [0.25, 0.3) is 72.3 Å². The molecule has 3 aromatic heterocycles. The zero-order chi connectivity index (χ0) is 48.5. The summed E-state index contributed by atoms with van der Waals surface area (Å²) in [7, 11) is 0. The number of benzene rings is 9. The molecule has 0 radical (unpaired) electrons. The van der Waals surface area contributed by atoms with Crippen LogP contribution in [0, 0.1) is 6.33 Å². The standard InChI is InChI=1S/C64H43BN4O4/c1-64(2,3)40-33-34-66-58(35-40)69-49-22-8-7-19-45(49)46-30-29-43(37-52(46)69)70-42-18-11-17-41(36-42)67-38-68(51-24-10-9-23-50(51)67)62-44(39-15-5-4-6-16-39)20-12-21-47(62)48-31-32-57-61-63(48)73-56-28-14-27-55-60(56)65(61)59-53(71-55)25-13-26-54(59)72-57/h4-37H,1-3H3. The lowest BCUT2D eigenvalue weighted by atomic mass is 9.33. The summed E-state index contributed by atoms with van der Waals surface area (Å²) in [5, 5.41) is 2.30. The summed E-state index contributed by atoms with van der Waals surface area (Å²) in [5.74, 6) is 7.02. The van der Waals surface area contributed by atoms with Crippen molar-refractivity contribution in [2.24, 2.45) is 0 Å². The number of fused-ring (bicyclic) bond motifs is 4. The van der Waals surface area contributed by atoms with E-state index in [1.807, 2.05) is 54.7 Å². The average molecular weight is 943 g/mol. The SMILES string of the molecule is CC(C)(C)c1ccnc(-n2c3ccccc3c3ccc(Oc4cccc(-n5[c-][n+](-c6c(-c7ccccc7)cccc6-c6ccc7c8c6Oc6cccc9c6B8c6c(cccc6O7)O9)c6ccccc65)c4)cc32)c1. The smallest absolute Gasteiger partial charge is 0.270 e. The Labute approximate surface area is 421 Å². The van der Waals surface area contributed by atoms with Gasteiger partial charge in [0.05, 0.1) is 33.4 Å². The van der Waals surface area contributed by atoms with Gasteiger partial charge in [-0.2, -0.15) is 0 Å². The topological polar surface area (TPSA) is 63.6 Å². The maximum absolute atomic E-state index is 7.08. The Kier molecular flexibility index (Phi) is 8.85. The predicted molar refractivity (Wildman–Crippen MR) is 290 cm³/mol. The first-order chi connectivity index (χ1) is 35.8. The molecule has 3 aliphatic heterocycles. The fraction of sp³-hybridized carbons (Fsp3) is 0.0625. The second-order valence-electron chi connectivity index (χ2n) is 20.0. The molecule has 73 heavy (non-hydrogen) atoms. The van der Waals surface area contributed by atoms with Gasteiger partial charge in [0.15, 0.2) is 0 Å². The van der Waals surface area contributed by atoms with Crippen LogP contribution in [0.4, 0.5) is 0 Å². The summed E-state index contributed by atoms with van der Waals surface area (Å²) < 4.78 is 33.7. The summed E-state index contributed by atoms with van der Waals surface area (Å²) in [6.45, 7) is 6.58. The quantitative estimate of drug-likeness (QED) is 0.0905. The number of hydrogen-bond donors (Lipinski definition) is 0. The Morgan fingerprint density at radius 1 is 0.521 bits per heavy atom. The molecule has 0 fully saturated rings. The Hall–Kier alpha value is -9.34. The van der Waals surface area contributed by atoms with Gasteiger partial charge >= 0.3 is 0 Å². The zero-order valence-electron chi connectivity index (χ0n) is 40.1. The number of ether oxygens (including phenoxy) is 4. The summed E-state index contributed by atoms with van der Waals surface area (Å²) >= 11 is 0. The van der Waals surface area contributed by atoms with Crippen molar-refractivity contribution in [1.29, 1.82) is 0 Å². The van der Waals surface area contributed by atoms with Crippen molar-refractivity contribution in [3.05, 3.63) is 218 Å². The van der Waals surface area contributed by atoms with Crippen LogP contribution in [0.1, 0.15) is 26.3 Å². The van der Waals surface area contributed by atoms with Crippen LogP contribution in [0.3, 0.4) is 0 Å². The fourth-order valence-electron chi connectivity index (χ4n) is 11.4. The molecule has 12 aromatic rings. The normalized spacial score (nSPS) is 12.9. The van der Waals surface area contributed by atoms with Crippen LogP contribution < -0.4 is 39.9 Å². The number of pyridine rings is 1. The first kappa shape index (κ1) is 41.4. The van der Waals surface area contributed by atoms with Crippen LogP contribution in [0.2, 0.25) is 0 Å². The van der Waals surface area contributed by atoms with E-state index in [4.69, 9.17) is 23.9 Å². The minimum atomic E-state index is -0.121. The third-order valence-electron chi connectivity index (χ3n) is 14.7. The van der Waals surface area contributed by atoms with Crippen molar-refractivity contribution in [3.8, 4) is 85.4 Å². The summed E-state index contributed by atoms with van der Waals surface area (Å²) in [4.78, 5) is 4.90. The highest BCUT2D eigenvalue weighted by molar-refractivity contribution is 6.99. The van der Waals surface area contributed by atoms with Crippen molar-refractivity contribution >= 4 is 55.9 Å². The van der Waals surface area contributed by atoms with Gasteiger partial charge in [0.2, 0.25) is 0 Å².